The molecule has 1 aliphatic rings. The van der Waals surface area contributed by atoms with E-state index in [9.17, 15) is 4.79 Å². The summed E-state index contributed by atoms with van der Waals surface area (Å²) < 4.78 is 4.89. The molecule has 0 radical (unpaired) electrons. The van der Waals surface area contributed by atoms with Gasteiger partial charge in [0.2, 0.25) is 0 Å². The first-order valence-corrected chi connectivity index (χ1v) is 5.83. The van der Waals surface area contributed by atoms with Gasteiger partial charge < -0.3 is 10.1 Å². The van der Waals surface area contributed by atoms with Crippen LogP contribution >= 0.6 is 0 Å². The Labute approximate surface area is 92.6 Å². The van der Waals surface area contributed by atoms with Gasteiger partial charge in [0.25, 0.3) is 0 Å². The Morgan fingerprint density at radius 2 is 2.13 bits per heavy atom. The Bertz CT molecular complexity index is 226. The Kier molecular flexibility index (Phi) is 4.14. The van der Waals surface area contributed by atoms with Gasteiger partial charge in [0.05, 0.1) is 13.2 Å². The summed E-state index contributed by atoms with van der Waals surface area (Å²) >= 11 is 0. The van der Waals surface area contributed by atoms with Crippen molar-refractivity contribution in [3.05, 3.63) is 0 Å². The van der Waals surface area contributed by atoms with E-state index in [2.05, 4.69) is 26.1 Å². The fraction of sp³-hybridized carbons (Fsp3) is 0.917. The largest absolute Gasteiger partial charge is 0.465 e. The molecule has 0 aromatic heterocycles. The van der Waals surface area contributed by atoms with E-state index in [1.807, 2.05) is 6.92 Å². The van der Waals surface area contributed by atoms with Crippen LogP contribution in [0.5, 0.6) is 0 Å². The summed E-state index contributed by atoms with van der Waals surface area (Å²) in [4.78, 5) is 11.2. The molecule has 1 N–H and O–H groups in total. The number of carbonyl (C=O) groups excluding carboxylic acids is 1. The first kappa shape index (κ1) is 12.5. The molecular formula is C12H23NO2. The molecule has 0 amide bonds. The van der Waals surface area contributed by atoms with Crippen molar-refractivity contribution in [2.75, 3.05) is 13.2 Å². The summed E-state index contributed by atoms with van der Waals surface area (Å²) in [7, 11) is 0. The highest BCUT2D eigenvalue weighted by Crippen LogP contribution is 2.40. The molecule has 0 spiro atoms. The lowest BCUT2D eigenvalue weighted by atomic mass is 9.91. The number of carbonyl (C=O) groups is 1. The van der Waals surface area contributed by atoms with Gasteiger partial charge in [-0.25, -0.2) is 0 Å². The lowest BCUT2D eigenvalue weighted by Gasteiger charge is -2.18. The van der Waals surface area contributed by atoms with Gasteiger partial charge in [-0.05, 0) is 31.1 Å². The summed E-state index contributed by atoms with van der Waals surface area (Å²) in [5.74, 6) is 0.504. The molecule has 0 heterocycles. The van der Waals surface area contributed by atoms with E-state index in [-0.39, 0.29) is 5.97 Å². The Morgan fingerprint density at radius 3 is 2.60 bits per heavy atom. The molecule has 3 nitrogen and oxygen atoms in total. The standard InChI is InChI=1S/C12H23NO2/c1-5-15-11(14)8-13-10-7-12(3,4)6-9(10)2/h9-10,13H,5-8H2,1-4H3. The third kappa shape index (κ3) is 3.82. The zero-order chi connectivity index (χ0) is 11.5. The van der Waals surface area contributed by atoms with Crippen molar-refractivity contribution in [3.8, 4) is 0 Å². The van der Waals surface area contributed by atoms with E-state index in [1.165, 1.54) is 6.42 Å². The van der Waals surface area contributed by atoms with Gasteiger partial charge in [0.1, 0.15) is 0 Å². The van der Waals surface area contributed by atoms with Crippen LogP contribution in [-0.4, -0.2) is 25.2 Å². The average Bonchev–Trinajstić information content (AvgIpc) is 2.36. The minimum atomic E-state index is -0.144. The van der Waals surface area contributed by atoms with Crippen molar-refractivity contribution in [3.63, 3.8) is 0 Å². The molecule has 15 heavy (non-hydrogen) atoms. The highest BCUT2D eigenvalue weighted by molar-refractivity contribution is 5.71. The second-order valence-electron chi connectivity index (χ2n) is 5.34. The molecule has 1 fully saturated rings. The van der Waals surface area contributed by atoms with E-state index in [4.69, 9.17) is 4.74 Å². The van der Waals surface area contributed by atoms with Gasteiger partial charge >= 0.3 is 5.97 Å². The van der Waals surface area contributed by atoms with Crippen LogP contribution in [0, 0.1) is 11.3 Å². The van der Waals surface area contributed by atoms with Gasteiger partial charge in [0.15, 0.2) is 0 Å². The fourth-order valence-electron chi connectivity index (χ4n) is 2.59. The normalized spacial score (nSPS) is 29.1. The number of rotatable bonds is 4. The summed E-state index contributed by atoms with van der Waals surface area (Å²) in [5, 5.41) is 3.30. The molecule has 0 aromatic carbocycles. The zero-order valence-corrected chi connectivity index (χ0v) is 10.3. The van der Waals surface area contributed by atoms with E-state index < -0.39 is 0 Å². The highest BCUT2D eigenvalue weighted by atomic mass is 16.5. The third-order valence-corrected chi connectivity index (χ3v) is 3.15. The SMILES string of the molecule is CCOC(=O)CNC1CC(C)(C)CC1C. The van der Waals surface area contributed by atoms with Crippen LogP contribution in [0.2, 0.25) is 0 Å². The van der Waals surface area contributed by atoms with E-state index in [0.29, 0.717) is 30.5 Å². The summed E-state index contributed by atoms with van der Waals surface area (Å²) in [5.41, 5.74) is 0.408. The molecule has 0 aromatic rings. The van der Waals surface area contributed by atoms with Gasteiger partial charge in [0, 0.05) is 6.04 Å². The fourth-order valence-corrected chi connectivity index (χ4v) is 2.59. The van der Waals surface area contributed by atoms with Gasteiger partial charge in [-0.15, -0.1) is 0 Å². The smallest absolute Gasteiger partial charge is 0.319 e. The second kappa shape index (κ2) is 4.97. The minimum Gasteiger partial charge on any atom is -0.465 e. The molecule has 2 unspecified atom stereocenters. The molecule has 0 bridgehead atoms. The summed E-state index contributed by atoms with van der Waals surface area (Å²) in [6, 6.07) is 0.462. The molecule has 0 aliphatic heterocycles. The summed E-state index contributed by atoms with van der Waals surface area (Å²) in [6.07, 6.45) is 2.38. The Morgan fingerprint density at radius 1 is 1.47 bits per heavy atom. The molecule has 0 saturated heterocycles. The number of nitrogens with one attached hydrogen (secondary N) is 1. The average molecular weight is 213 g/mol. The number of esters is 1. The van der Waals surface area contributed by atoms with Crippen molar-refractivity contribution in [1.29, 1.82) is 0 Å². The van der Waals surface area contributed by atoms with Crippen LogP contribution in [0.3, 0.4) is 0 Å². The van der Waals surface area contributed by atoms with E-state index in [0.717, 1.165) is 6.42 Å². The molecular weight excluding hydrogens is 190 g/mol. The quantitative estimate of drug-likeness (QED) is 0.726. The lowest BCUT2D eigenvalue weighted by Crippen LogP contribution is -2.36. The maximum absolute atomic E-state index is 11.2. The third-order valence-electron chi connectivity index (χ3n) is 3.15. The number of hydrogen-bond donors (Lipinski definition) is 1. The molecule has 1 rings (SSSR count). The van der Waals surface area contributed by atoms with Crippen LogP contribution < -0.4 is 5.32 Å². The molecule has 88 valence electrons. The van der Waals surface area contributed by atoms with Crippen molar-refractivity contribution in [2.45, 2.75) is 46.6 Å². The van der Waals surface area contributed by atoms with Gasteiger partial charge in [-0.3, -0.25) is 4.79 Å². The van der Waals surface area contributed by atoms with Crippen LogP contribution in [-0.2, 0) is 9.53 Å². The predicted molar refractivity (Wildman–Crippen MR) is 60.6 cm³/mol. The van der Waals surface area contributed by atoms with Crippen molar-refractivity contribution in [2.24, 2.45) is 11.3 Å². The van der Waals surface area contributed by atoms with Crippen LogP contribution in [0.15, 0.2) is 0 Å². The predicted octanol–water partition coefficient (Wildman–Crippen LogP) is 1.96. The molecule has 1 aliphatic carbocycles. The van der Waals surface area contributed by atoms with Crippen molar-refractivity contribution in [1.82, 2.24) is 5.32 Å². The van der Waals surface area contributed by atoms with Crippen molar-refractivity contribution >= 4 is 5.97 Å². The summed E-state index contributed by atoms with van der Waals surface area (Å²) in [6.45, 7) is 9.47. The highest BCUT2D eigenvalue weighted by Gasteiger charge is 2.36. The van der Waals surface area contributed by atoms with Gasteiger partial charge in [-0.1, -0.05) is 20.8 Å². The molecule has 3 heteroatoms. The Hall–Kier alpha value is -0.570. The first-order chi connectivity index (χ1) is 6.94. The number of hydrogen-bond acceptors (Lipinski definition) is 3. The maximum Gasteiger partial charge on any atom is 0.319 e. The monoisotopic (exact) mass is 213 g/mol. The number of ether oxygens (including phenoxy) is 1. The zero-order valence-electron chi connectivity index (χ0n) is 10.3. The van der Waals surface area contributed by atoms with Crippen LogP contribution in [0.1, 0.15) is 40.5 Å². The second-order valence-corrected chi connectivity index (χ2v) is 5.34. The topological polar surface area (TPSA) is 38.3 Å². The maximum atomic E-state index is 11.2. The van der Waals surface area contributed by atoms with E-state index in [1.54, 1.807) is 0 Å². The Balaban J connectivity index is 2.31. The molecule has 1 saturated carbocycles. The van der Waals surface area contributed by atoms with Crippen LogP contribution in [0.4, 0.5) is 0 Å². The van der Waals surface area contributed by atoms with Crippen molar-refractivity contribution < 1.29 is 9.53 Å². The van der Waals surface area contributed by atoms with Crippen LogP contribution in [0.25, 0.3) is 0 Å². The first-order valence-electron chi connectivity index (χ1n) is 5.83. The molecule has 2 atom stereocenters. The minimum absolute atomic E-state index is 0.144. The lowest BCUT2D eigenvalue weighted by molar-refractivity contribution is -0.142. The van der Waals surface area contributed by atoms with E-state index >= 15 is 0 Å². The van der Waals surface area contributed by atoms with Gasteiger partial charge in [-0.2, -0.15) is 0 Å².